The van der Waals surface area contributed by atoms with Gasteiger partial charge in [-0.15, -0.1) is 0 Å². The number of aromatic nitrogens is 2. The third-order valence-electron chi connectivity index (χ3n) is 6.00. The van der Waals surface area contributed by atoms with E-state index in [1.807, 2.05) is 42.5 Å². The van der Waals surface area contributed by atoms with Gasteiger partial charge in [0, 0.05) is 23.8 Å². The van der Waals surface area contributed by atoms with Crippen LogP contribution in [-0.2, 0) is 4.79 Å². The van der Waals surface area contributed by atoms with E-state index in [9.17, 15) is 4.79 Å². The van der Waals surface area contributed by atoms with E-state index in [2.05, 4.69) is 23.7 Å². The molecular weight excluding hydrogens is 378 g/mol. The zero-order valence-electron chi connectivity index (χ0n) is 17.7. The third-order valence-corrected chi connectivity index (χ3v) is 6.00. The number of carbonyl (C=O) groups excluding carboxylic acids is 1. The Labute approximate surface area is 175 Å². The second kappa shape index (κ2) is 6.62. The van der Waals surface area contributed by atoms with E-state index in [1.165, 1.54) is 0 Å². The third kappa shape index (κ3) is 2.86. The Morgan fingerprint density at radius 2 is 1.77 bits per heavy atom. The minimum absolute atomic E-state index is 0.0896. The number of ether oxygens (including phenoxy) is 2. The molecule has 6 nitrogen and oxygen atoms in total. The summed E-state index contributed by atoms with van der Waals surface area (Å²) in [5.74, 6) is 2.32. The number of para-hydroxylation sites is 2. The molecular formula is C24H25N3O3. The number of nitrogens with one attached hydrogen (secondary N) is 1. The summed E-state index contributed by atoms with van der Waals surface area (Å²) in [6, 6.07) is 13.5. The molecule has 1 atom stereocenters. The Bertz CT molecular complexity index is 1180. The highest BCUT2D eigenvalue weighted by Gasteiger charge is 2.41. The van der Waals surface area contributed by atoms with Crippen molar-refractivity contribution in [3.05, 3.63) is 59.3 Å². The van der Waals surface area contributed by atoms with Crippen LogP contribution >= 0.6 is 0 Å². The summed E-state index contributed by atoms with van der Waals surface area (Å²) in [4.78, 5) is 18.2. The van der Waals surface area contributed by atoms with Gasteiger partial charge in [0.2, 0.25) is 5.95 Å². The molecule has 2 aliphatic rings. The maximum atomic E-state index is 13.4. The van der Waals surface area contributed by atoms with Crippen molar-refractivity contribution in [1.82, 2.24) is 9.55 Å². The van der Waals surface area contributed by atoms with E-state index >= 15 is 0 Å². The van der Waals surface area contributed by atoms with Crippen LogP contribution in [0.3, 0.4) is 0 Å². The lowest BCUT2D eigenvalue weighted by Crippen LogP contribution is -2.36. The number of hydrogen-bond donors (Lipinski definition) is 1. The Balaban J connectivity index is 1.80. The van der Waals surface area contributed by atoms with Crippen LogP contribution in [0.5, 0.6) is 11.5 Å². The van der Waals surface area contributed by atoms with Gasteiger partial charge in [-0.2, -0.15) is 0 Å². The monoisotopic (exact) mass is 403 g/mol. The fraction of sp³-hybridized carbons (Fsp3) is 0.333. The van der Waals surface area contributed by atoms with Crippen LogP contribution in [0.4, 0.5) is 5.95 Å². The van der Waals surface area contributed by atoms with Gasteiger partial charge in [0.15, 0.2) is 5.78 Å². The number of hydrogen-bond acceptors (Lipinski definition) is 5. The molecule has 0 amide bonds. The van der Waals surface area contributed by atoms with E-state index in [-0.39, 0.29) is 17.2 Å². The second-order valence-corrected chi connectivity index (χ2v) is 8.80. The van der Waals surface area contributed by atoms with Crippen molar-refractivity contribution in [2.24, 2.45) is 5.41 Å². The van der Waals surface area contributed by atoms with Crippen molar-refractivity contribution in [3.8, 4) is 11.5 Å². The van der Waals surface area contributed by atoms with Crippen molar-refractivity contribution >= 4 is 22.8 Å². The second-order valence-electron chi connectivity index (χ2n) is 8.80. The van der Waals surface area contributed by atoms with Crippen molar-refractivity contribution < 1.29 is 14.3 Å². The smallest absolute Gasteiger partial charge is 0.209 e. The maximum Gasteiger partial charge on any atom is 0.209 e. The average Bonchev–Trinajstić information content (AvgIpc) is 3.08. The highest BCUT2D eigenvalue weighted by molar-refractivity contribution is 6.01. The summed E-state index contributed by atoms with van der Waals surface area (Å²) < 4.78 is 13.2. The molecule has 0 bridgehead atoms. The lowest BCUT2D eigenvalue weighted by Gasteiger charge is -2.39. The molecule has 154 valence electrons. The number of allylic oxidation sites excluding steroid dienone is 2. The van der Waals surface area contributed by atoms with Gasteiger partial charge < -0.3 is 14.8 Å². The van der Waals surface area contributed by atoms with Crippen LogP contribution in [0, 0.1) is 5.41 Å². The van der Waals surface area contributed by atoms with Crippen LogP contribution < -0.4 is 14.8 Å². The zero-order chi connectivity index (χ0) is 21.0. The molecule has 0 saturated heterocycles. The molecule has 0 fully saturated rings. The van der Waals surface area contributed by atoms with Crippen molar-refractivity contribution in [2.45, 2.75) is 32.7 Å². The summed E-state index contributed by atoms with van der Waals surface area (Å²) in [6.07, 6.45) is 1.32. The highest BCUT2D eigenvalue weighted by atomic mass is 16.5. The molecule has 30 heavy (non-hydrogen) atoms. The van der Waals surface area contributed by atoms with Gasteiger partial charge in [-0.3, -0.25) is 9.36 Å². The molecule has 2 heterocycles. The summed E-state index contributed by atoms with van der Waals surface area (Å²) >= 11 is 0. The maximum absolute atomic E-state index is 13.4. The summed E-state index contributed by atoms with van der Waals surface area (Å²) in [5, 5.41) is 3.48. The van der Waals surface area contributed by atoms with Crippen LogP contribution in [0.15, 0.2) is 53.7 Å². The van der Waals surface area contributed by atoms with E-state index in [0.29, 0.717) is 17.9 Å². The predicted molar refractivity (Wildman–Crippen MR) is 116 cm³/mol. The minimum Gasteiger partial charge on any atom is -0.497 e. The van der Waals surface area contributed by atoms with Crippen molar-refractivity contribution in [3.63, 3.8) is 0 Å². The molecule has 0 saturated carbocycles. The van der Waals surface area contributed by atoms with Gasteiger partial charge >= 0.3 is 0 Å². The fourth-order valence-electron chi connectivity index (χ4n) is 4.72. The first kappa shape index (κ1) is 18.7. The van der Waals surface area contributed by atoms with E-state index in [0.717, 1.165) is 40.2 Å². The molecule has 5 rings (SSSR count). The van der Waals surface area contributed by atoms with Crippen LogP contribution in [-0.4, -0.2) is 29.6 Å². The van der Waals surface area contributed by atoms with Gasteiger partial charge in [0.25, 0.3) is 0 Å². The first-order valence-electron chi connectivity index (χ1n) is 10.1. The normalized spacial score (nSPS) is 19.9. The minimum atomic E-state index is -0.295. The number of Topliss-reactive ketones (excluding diaryl/α,β-unsaturated/α-hetero) is 1. The molecule has 1 aromatic heterocycles. The first-order chi connectivity index (χ1) is 14.4. The molecule has 2 aromatic carbocycles. The van der Waals surface area contributed by atoms with Gasteiger partial charge in [0.1, 0.15) is 11.5 Å². The molecule has 0 radical (unpaired) electrons. The van der Waals surface area contributed by atoms with Gasteiger partial charge in [-0.25, -0.2) is 4.98 Å². The molecule has 1 aliphatic heterocycles. The Morgan fingerprint density at radius 3 is 2.47 bits per heavy atom. The Kier molecular flexibility index (Phi) is 4.13. The number of carbonyl (C=O) groups is 1. The average molecular weight is 403 g/mol. The van der Waals surface area contributed by atoms with Crippen LogP contribution in [0.25, 0.3) is 11.0 Å². The summed E-state index contributed by atoms with van der Waals surface area (Å²) in [6.45, 7) is 4.27. The first-order valence-corrected chi connectivity index (χ1v) is 10.1. The zero-order valence-corrected chi connectivity index (χ0v) is 17.7. The van der Waals surface area contributed by atoms with Crippen molar-refractivity contribution in [2.75, 3.05) is 19.5 Å². The number of benzene rings is 2. The van der Waals surface area contributed by atoms with E-state index in [4.69, 9.17) is 14.5 Å². The molecule has 3 aromatic rings. The van der Waals surface area contributed by atoms with Crippen LogP contribution in [0.2, 0.25) is 0 Å². The Morgan fingerprint density at radius 1 is 1.07 bits per heavy atom. The van der Waals surface area contributed by atoms with Gasteiger partial charge in [-0.05, 0) is 41.7 Å². The standard InChI is InChI=1S/C24H25N3O3/c1-24(2)12-18-21(20(28)13-24)22(14-9-15(29-3)11-16(10-14)30-4)27-19-8-6-5-7-17(19)25-23(27)26-18/h5-11,22H,12-13H2,1-4H3,(H,25,26). The number of rotatable bonds is 3. The number of anilines is 1. The number of methoxy groups -OCH3 is 2. The van der Waals surface area contributed by atoms with Gasteiger partial charge in [0.05, 0.1) is 31.3 Å². The van der Waals surface area contributed by atoms with Gasteiger partial charge in [-0.1, -0.05) is 26.0 Å². The molecule has 1 N–H and O–H groups in total. The van der Waals surface area contributed by atoms with E-state index in [1.54, 1.807) is 14.2 Å². The number of ketones is 1. The topological polar surface area (TPSA) is 65.4 Å². The van der Waals surface area contributed by atoms with Crippen LogP contribution in [0.1, 0.15) is 38.3 Å². The fourth-order valence-corrected chi connectivity index (χ4v) is 4.72. The number of nitrogens with zero attached hydrogens (tertiary/aromatic N) is 2. The molecule has 6 heteroatoms. The number of fused-ring (bicyclic) bond motifs is 3. The molecule has 1 unspecified atom stereocenters. The molecule has 0 spiro atoms. The lowest BCUT2D eigenvalue weighted by molar-refractivity contribution is -0.118. The summed E-state index contributed by atoms with van der Waals surface area (Å²) in [5.41, 5.74) is 4.50. The van der Waals surface area contributed by atoms with E-state index < -0.39 is 0 Å². The highest BCUT2D eigenvalue weighted by Crippen LogP contribution is 2.47. The summed E-state index contributed by atoms with van der Waals surface area (Å²) in [7, 11) is 3.27. The van der Waals surface area contributed by atoms with Crippen molar-refractivity contribution in [1.29, 1.82) is 0 Å². The SMILES string of the molecule is COc1cc(OC)cc(C2C3=C(CC(C)(C)CC3=O)Nc3nc4ccccc4n32)c1. The number of imidazole rings is 1. The molecule has 1 aliphatic carbocycles. The largest absolute Gasteiger partial charge is 0.497 e. The Hall–Kier alpha value is -3.28. The lowest BCUT2D eigenvalue weighted by atomic mass is 9.73. The quantitative estimate of drug-likeness (QED) is 0.686. The predicted octanol–water partition coefficient (Wildman–Crippen LogP) is 4.71.